The fourth-order valence-electron chi connectivity index (χ4n) is 1.58. The fraction of sp³-hybridized carbons (Fsp3) is 0.538. The average Bonchev–Trinajstić information content (AvgIpc) is 2.76. The van der Waals surface area contributed by atoms with E-state index >= 15 is 0 Å². The predicted molar refractivity (Wildman–Crippen MR) is 83.8 cm³/mol. The van der Waals surface area contributed by atoms with Crippen molar-refractivity contribution < 1.29 is 0 Å². The van der Waals surface area contributed by atoms with E-state index in [9.17, 15) is 0 Å². The van der Waals surface area contributed by atoms with Crippen molar-refractivity contribution in [1.82, 2.24) is 20.2 Å². The van der Waals surface area contributed by atoms with Gasteiger partial charge in [0.25, 0.3) is 0 Å². The molecule has 0 amide bonds. The Labute approximate surface area is 127 Å². The van der Waals surface area contributed by atoms with Gasteiger partial charge in [0.1, 0.15) is 21.7 Å². The van der Waals surface area contributed by atoms with Gasteiger partial charge in [0.15, 0.2) is 4.34 Å². The van der Waals surface area contributed by atoms with Crippen molar-refractivity contribution in [2.24, 2.45) is 0 Å². The molecule has 2 rings (SSSR count). The monoisotopic (exact) mass is 309 g/mol. The minimum atomic E-state index is -0.0916. The third kappa shape index (κ3) is 3.27. The highest BCUT2D eigenvalue weighted by Gasteiger charge is 2.21. The average molecular weight is 309 g/mol. The highest BCUT2D eigenvalue weighted by Crippen LogP contribution is 2.34. The Morgan fingerprint density at radius 2 is 1.80 bits per heavy atom. The molecule has 0 spiro atoms. The van der Waals surface area contributed by atoms with Gasteiger partial charge in [0.05, 0.1) is 0 Å². The molecule has 0 fully saturated rings. The van der Waals surface area contributed by atoms with Crippen LogP contribution in [0.25, 0.3) is 0 Å². The number of nitrogens with zero attached hydrogens (tertiary/aromatic N) is 4. The second kappa shape index (κ2) is 5.65. The first kappa shape index (κ1) is 15.2. The van der Waals surface area contributed by atoms with Crippen molar-refractivity contribution in [3.63, 3.8) is 0 Å². The molecule has 7 heteroatoms. The number of aromatic nitrogens is 4. The molecule has 0 bridgehead atoms. The Kier molecular flexibility index (Phi) is 4.29. The van der Waals surface area contributed by atoms with Crippen molar-refractivity contribution in [2.75, 3.05) is 12.4 Å². The third-order valence-electron chi connectivity index (χ3n) is 2.70. The number of anilines is 1. The molecule has 2 heterocycles. The van der Waals surface area contributed by atoms with E-state index < -0.39 is 0 Å². The number of nitrogens with one attached hydrogen (secondary N) is 1. The van der Waals surface area contributed by atoms with Crippen LogP contribution in [0.3, 0.4) is 0 Å². The molecule has 0 saturated heterocycles. The summed E-state index contributed by atoms with van der Waals surface area (Å²) in [6, 6.07) is 0. The van der Waals surface area contributed by atoms with Crippen LogP contribution in [0, 0.1) is 13.8 Å². The summed E-state index contributed by atoms with van der Waals surface area (Å²) in [6.07, 6.45) is 0. The molecule has 2 aromatic rings. The molecule has 20 heavy (non-hydrogen) atoms. The van der Waals surface area contributed by atoms with Crippen molar-refractivity contribution in [3.05, 3.63) is 16.4 Å². The van der Waals surface area contributed by atoms with Crippen molar-refractivity contribution in [3.8, 4) is 0 Å². The van der Waals surface area contributed by atoms with Crippen LogP contribution in [-0.4, -0.2) is 27.2 Å². The van der Waals surface area contributed by atoms with Gasteiger partial charge >= 0.3 is 0 Å². The lowest BCUT2D eigenvalue weighted by atomic mass is 9.95. The van der Waals surface area contributed by atoms with E-state index in [1.807, 2.05) is 20.9 Å². The molecule has 0 atom stereocenters. The zero-order valence-corrected chi connectivity index (χ0v) is 14.2. The van der Waals surface area contributed by atoms with Crippen LogP contribution in [0.2, 0.25) is 0 Å². The Bertz CT molecular complexity index is 616. The lowest BCUT2D eigenvalue weighted by Gasteiger charge is -2.19. The van der Waals surface area contributed by atoms with Crippen LogP contribution in [0.5, 0.6) is 0 Å². The van der Waals surface area contributed by atoms with Crippen LogP contribution in [0.1, 0.15) is 37.2 Å². The van der Waals surface area contributed by atoms with Gasteiger partial charge in [-0.15, -0.1) is 10.2 Å². The Morgan fingerprint density at radius 3 is 2.30 bits per heavy atom. The largest absolute Gasteiger partial charge is 0.373 e. The van der Waals surface area contributed by atoms with Gasteiger partial charge in [-0.05, 0) is 25.6 Å². The summed E-state index contributed by atoms with van der Waals surface area (Å²) < 4.78 is 0.909. The smallest absolute Gasteiger partial charge is 0.180 e. The van der Waals surface area contributed by atoms with Gasteiger partial charge in [0.2, 0.25) is 0 Å². The van der Waals surface area contributed by atoms with Gasteiger partial charge in [-0.25, -0.2) is 9.97 Å². The van der Waals surface area contributed by atoms with Crippen molar-refractivity contribution in [1.29, 1.82) is 0 Å². The maximum atomic E-state index is 4.71. The van der Waals surface area contributed by atoms with Crippen molar-refractivity contribution in [2.45, 2.75) is 49.4 Å². The topological polar surface area (TPSA) is 63.6 Å². The summed E-state index contributed by atoms with van der Waals surface area (Å²) in [4.78, 5) is 9.31. The Morgan fingerprint density at radius 1 is 1.10 bits per heavy atom. The van der Waals surface area contributed by atoms with Crippen LogP contribution in [0.4, 0.5) is 5.82 Å². The summed E-state index contributed by atoms with van der Waals surface area (Å²) in [5, 5.41) is 13.2. The molecule has 0 aliphatic carbocycles. The van der Waals surface area contributed by atoms with Gasteiger partial charge < -0.3 is 5.32 Å². The minimum absolute atomic E-state index is 0.0916. The number of hydrogen-bond donors (Lipinski definition) is 1. The van der Waals surface area contributed by atoms with Gasteiger partial charge in [-0.2, -0.15) is 0 Å². The van der Waals surface area contributed by atoms with Gasteiger partial charge in [-0.3, -0.25) is 0 Å². The number of hydrogen-bond acceptors (Lipinski definition) is 7. The van der Waals surface area contributed by atoms with Crippen LogP contribution in [-0.2, 0) is 5.41 Å². The molecule has 1 N–H and O–H groups in total. The number of rotatable bonds is 3. The van der Waals surface area contributed by atoms with Gasteiger partial charge in [0, 0.05) is 18.0 Å². The summed E-state index contributed by atoms with van der Waals surface area (Å²) in [6.45, 7) is 10.3. The molecular weight excluding hydrogens is 290 g/mol. The maximum Gasteiger partial charge on any atom is 0.180 e. The molecule has 0 aliphatic rings. The van der Waals surface area contributed by atoms with E-state index in [0.717, 1.165) is 31.6 Å². The van der Waals surface area contributed by atoms with Crippen LogP contribution in [0.15, 0.2) is 9.37 Å². The van der Waals surface area contributed by atoms with E-state index in [1.54, 1.807) is 23.1 Å². The minimum Gasteiger partial charge on any atom is -0.373 e. The maximum absolute atomic E-state index is 4.71. The molecule has 108 valence electrons. The molecular formula is C13H19N5S2. The highest BCUT2D eigenvalue weighted by atomic mass is 32.2. The SMILES string of the molecule is CNc1nc(C(C)(C)C)nc(Sc2nnc(C)s2)c1C. The third-order valence-corrected chi connectivity index (χ3v) is 4.68. The number of aryl methyl sites for hydroxylation is 1. The normalized spacial score (nSPS) is 11.7. The van der Waals surface area contributed by atoms with E-state index in [4.69, 9.17) is 4.98 Å². The first-order chi connectivity index (χ1) is 9.31. The van der Waals surface area contributed by atoms with E-state index in [1.165, 1.54) is 0 Å². The van der Waals surface area contributed by atoms with Crippen molar-refractivity contribution >= 4 is 28.9 Å². The van der Waals surface area contributed by atoms with Crippen LogP contribution < -0.4 is 5.32 Å². The lowest BCUT2D eigenvalue weighted by molar-refractivity contribution is 0.538. The summed E-state index contributed by atoms with van der Waals surface area (Å²) in [5.74, 6) is 1.70. The molecule has 0 saturated carbocycles. The molecule has 0 aromatic carbocycles. The zero-order valence-electron chi connectivity index (χ0n) is 12.6. The van der Waals surface area contributed by atoms with Gasteiger partial charge in [-0.1, -0.05) is 32.1 Å². The highest BCUT2D eigenvalue weighted by molar-refractivity contribution is 8.01. The summed E-state index contributed by atoms with van der Waals surface area (Å²) >= 11 is 3.13. The Balaban J connectivity index is 2.45. The second-order valence-electron chi connectivity index (χ2n) is 5.52. The molecule has 2 aromatic heterocycles. The van der Waals surface area contributed by atoms with E-state index in [0.29, 0.717) is 0 Å². The molecule has 0 radical (unpaired) electrons. The molecule has 5 nitrogen and oxygen atoms in total. The predicted octanol–water partition coefficient (Wildman–Crippen LogP) is 3.44. The zero-order chi connectivity index (χ0) is 14.9. The second-order valence-corrected chi connectivity index (χ2v) is 7.93. The lowest BCUT2D eigenvalue weighted by Crippen LogP contribution is -2.18. The quantitative estimate of drug-likeness (QED) is 0.876. The fourth-order valence-corrected chi connectivity index (χ4v) is 3.39. The summed E-state index contributed by atoms with van der Waals surface area (Å²) in [5.41, 5.74) is 0.949. The summed E-state index contributed by atoms with van der Waals surface area (Å²) in [7, 11) is 1.88. The molecule has 0 aliphatic heterocycles. The van der Waals surface area contributed by atoms with E-state index in [2.05, 4.69) is 41.3 Å². The Hall–Kier alpha value is -1.21. The first-order valence-corrected chi connectivity index (χ1v) is 7.99. The molecule has 0 unspecified atom stereocenters. The van der Waals surface area contributed by atoms with Crippen LogP contribution >= 0.6 is 23.1 Å². The van der Waals surface area contributed by atoms with E-state index in [-0.39, 0.29) is 5.41 Å². The standard InChI is InChI=1S/C13H19N5S2/c1-7-9(14-6)15-11(13(3,4)5)16-10(7)20-12-18-17-8(2)19-12/h1-6H3,(H,14,15,16). The first-order valence-electron chi connectivity index (χ1n) is 6.36.